The van der Waals surface area contributed by atoms with Gasteiger partial charge < -0.3 is 19.6 Å². The van der Waals surface area contributed by atoms with Crippen molar-refractivity contribution < 1.29 is 28.0 Å². The van der Waals surface area contributed by atoms with Gasteiger partial charge in [0.15, 0.2) is 5.82 Å². The number of nitrogens with zero attached hydrogens (tertiary/aromatic N) is 9. The molecule has 7 heterocycles. The van der Waals surface area contributed by atoms with E-state index in [-0.39, 0.29) is 35.7 Å². The summed E-state index contributed by atoms with van der Waals surface area (Å²) >= 11 is 0. The van der Waals surface area contributed by atoms with Crippen LogP contribution in [0.15, 0.2) is 42.7 Å². The topological polar surface area (TPSA) is 132 Å². The van der Waals surface area contributed by atoms with Crippen molar-refractivity contribution in [2.24, 2.45) is 13.0 Å². The van der Waals surface area contributed by atoms with Gasteiger partial charge in [0.1, 0.15) is 6.04 Å². The number of imide groups is 1. The first-order valence-electron chi connectivity index (χ1n) is 22.3. The number of carbonyl (C=O) groups is 4. The number of nitrogens with one attached hydrogen (secondary N) is 1. The van der Waals surface area contributed by atoms with Gasteiger partial charge in [0.05, 0.1) is 18.8 Å². The third-order valence-corrected chi connectivity index (χ3v) is 14.3. The molecule has 62 heavy (non-hydrogen) atoms. The first kappa shape index (κ1) is 40.4. The molecule has 5 aliphatic heterocycles. The average molecular weight is 849 g/mol. The number of piperidine rings is 1. The van der Waals surface area contributed by atoms with E-state index in [0.29, 0.717) is 61.6 Å². The third-order valence-electron chi connectivity index (χ3n) is 14.3. The normalized spacial score (nSPS) is 23.2. The largest absolute Gasteiger partial charge is 0.369 e. The SMILES string of the molecule is CC(=O)N1CCc2c(c(N3CCCc4cc(-c5cnn(C)c5)c(C(F)F)cc43)nn2C2CCC(CN3CCN(c4ccc5c(c4)CN(C4CCC(=O)NC4=O)C5=O)CC3)CC2)C1. The van der Waals surface area contributed by atoms with Crippen LogP contribution in [0.1, 0.15) is 103 Å². The first-order valence-corrected chi connectivity index (χ1v) is 22.3. The van der Waals surface area contributed by atoms with E-state index in [1.54, 1.807) is 42.0 Å². The molecular formula is C46H54F2N10O4. The summed E-state index contributed by atoms with van der Waals surface area (Å²) in [5.41, 5.74) is 7.84. The number of aromatic nitrogens is 4. The van der Waals surface area contributed by atoms with Crippen LogP contribution >= 0.6 is 0 Å². The quantitative estimate of drug-likeness (QED) is 0.228. The van der Waals surface area contributed by atoms with Gasteiger partial charge in [0, 0.05) is 125 Å². The van der Waals surface area contributed by atoms with Crippen molar-refractivity contribution in [3.8, 4) is 11.1 Å². The summed E-state index contributed by atoms with van der Waals surface area (Å²) in [5.74, 6) is 0.568. The van der Waals surface area contributed by atoms with Gasteiger partial charge in [-0.3, -0.25) is 38.8 Å². The fourth-order valence-corrected chi connectivity index (χ4v) is 11.0. The highest BCUT2D eigenvalue weighted by molar-refractivity contribution is 6.05. The zero-order valence-corrected chi connectivity index (χ0v) is 35.5. The van der Waals surface area contributed by atoms with Crippen LogP contribution in [-0.4, -0.2) is 110 Å². The van der Waals surface area contributed by atoms with Gasteiger partial charge in [-0.25, -0.2) is 8.78 Å². The van der Waals surface area contributed by atoms with Crippen LogP contribution in [-0.2, 0) is 47.4 Å². The Morgan fingerprint density at radius 1 is 0.887 bits per heavy atom. The van der Waals surface area contributed by atoms with E-state index < -0.39 is 18.4 Å². The minimum absolute atomic E-state index is 0.0111. The van der Waals surface area contributed by atoms with Gasteiger partial charge in [-0.05, 0) is 97.9 Å². The Hall–Kier alpha value is -5.64. The van der Waals surface area contributed by atoms with Crippen LogP contribution < -0.4 is 15.1 Å². The summed E-state index contributed by atoms with van der Waals surface area (Å²) < 4.78 is 33.4. The molecule has 4 aromatic rings. The number of carbonyl (C=O) groups excluding carboxylic acids is 4. The molecule has 1 unspecified atom stereocenters. The second kappa shape index (κ2) is 16.2. The lowest BCUT2D eigenvalue weighted by Crippen LogP contribution is -2.52. The average Bonchev–Trinajstić information content (AvgIpc) is 3.98. The molecule has 1 aliphatic carbocycles. The lowest BCUT2D eigenvalue weighted by Gasteiger charge is -2.39. The molecule has 1 N–H and O–H groups in total. The Bertz CT molecular complexity index is 2430. The standard InChI is InChI=1S/C46H54F2N10O4/c1-28(59)55-15-13-39-38(27-55)44(56-14-3-4-30-21-36(32-23-49-52(2)25-32)37(43(47)48)22-41(30)56)51-58(39)33-7-5-29(6-8-33)24-53-16-18-54(19-17-53)34-9-10-35-31(20-34)26-57(46(35)62)40-11-12-42(60)50-45(40)61/h9-10,20-23,25,29,33,40,43H,3-8,11-19,24,26-27H2,1-2H3,(H,50,60,61). The summed E-state index contributed by atoms with van der Waals surface area (Å²) in [6.07, 6.45) is 7.94. The van der Waals surface area contributed by atoms with Crippen LogP contribution in [0.3, 0.4) is 0 Å². The van der Waals surface area contributed by atoms with Crippen LogP contribution in [0.4, 0.5) is 26.0 Å². The van der Waals surface area contributed by atoms with E-state index in [1.807, 2.05) is 23.1 Å². The molecule has 0 radical (unpaired) electrons. The maximum absolute atomic E-state index is 14.7. The van der Waals surface area contributed by atoms with Crippen molar-refractivity contribution in [1.82, 2.24) is 39.6 Å². The Labute approximate surface area is 359 Å². The third kappa shape index (κ3) is 7.43. The lowest BCUT2D eigenvalue weighted by molar-refractivity contribution is -0.137. The molecule has 14 nitrogen and oxygen atoms in total. The second-order valence-corrected chi connectivity index (χ2v) is 18.1. The fraction of sp³-hybridized carbons (Fsp3) is 0.522. The van der Waals surface area contributed by atoms with E-state index >= 15 is 0 Å². The number of hydrogen-bond acceptors (Lipinski definition) is 9. The summed E-state index contributed by atoms with van der Waals surface area (Å²) in [7, 11) is 1.79. The predicted octanol–water partition coefficient (Wildman–Crippen LogP) is 5.52. The number of rotatable bonds is 8. The Morgan fingerprint density at radius 3 is 2.42 bits per heavy atom. The molecule has 3 fully saturated rings. The van der Waals surface area contributed by atoms with Crippen LogP contribution in [0.5, 0.6) is 0 Å². The monoisotopic (exact) mass is 848 g/mol. The van der Waals surface area contributed by atoms with Gasteiger partial charge in [-0.2, -0.15) is 10.2 Å². The second-order valence-electron chi connectivity index (χ2n) is 18.1. The molecule has 0 spiro atoms. The number of amides is 4. The Balaban J connectivity index is 0.800. The van der Waals surface area contributed by atoms with E-state index in [1.165, 1.54) is 5.69 Å². The van der Waals surface area contributed by atoms with E-state index in [0.717, 1.165) is 105 Å². The molecule has 6 aliphatic rings. The van der Waals surface area contributed by atoms with Crippen LogP contribution in [0.25, 0.3) is 11.1 Å². The molecule has 4 amide bonds. The number of piperazine rings is 1. The molecule has 2 aromatic carbocycles. The summed E-state index contributed by atoms with van der Waals surface area (Å²) in [6.45, 7) is 8.49. The Morgan fingerprint density at radius 2 is 1.69 bits per heavy atom. The van der Waals surface area contributed by atoms with Crippen molar-refractivity contribution in [2.45, 2.75) is 96.3 Å². The molecule has 1 atom stereocenters. The first-order chi connectivity index (χ1) is 30.0. The predicted molar refractivity (Wildman–Crippen MR) is 228 cm³/mol. The minimum atomic E-state index is -2.66. The number of fused-ring (bicyclic) bond motifs is 3. The smallest absolute Gasteiger partial charge is 0.264 e. The number of benzene rings is 2. The number of hydrogen-bond donors (Lipinski definition) is 1. The number of aryl methyl sites for hydroxylation is 2. The van der Waals surface area contributed by atoms with Crippen molar-refractivity contribution in [3.05, 3.63) is 76.2 Å². The summed E-state index contributed by atoms with van der Waals surface area (Å²) in [4.78, 5) is 60.7. The van der Waals surface area contributed by atoms with Gasteiger partial charge in [-0.15, -0.1) is 0 Å². The highest BCUT2D eigenvalue weighted by Crippen LogP contribution is 2.44. The number of halogens is 2. The van der Waals surface area contributed by atoms with Crippen LogP contribution in [0, 0.1) is 5.92 Å². The molecule has 2 saturated heterocycles. The maximum atomic E-state index is 14.7. The van der Waals surface area contributed by atoms with Crippen molar-refractivity contribution in [1.29, 1.82) is 0 Å². The molecule has 2 aromatic heterocycles. The Kier molecular flexibility index (Phi) is 10.6. The molecule has 10 rings (SSSR count). The zero-order valence-electron chi connectivity index (χ0n) is 35.5. The van der Waals surface area contributed by atoms with Gasteiger partial charge in [0.25, 0.3) is 12.3 Å². The van der Waals surface area contributed by atoms with Crippen LogP contribution in [0.2, 0.25) is 0 Å². The molecule has 16 heteroatoms. The fourth-order valence-electron chi connectivity index (χ4n) is 11.0. The van der Waals surface area contributed by atoms with Crippen molar-refractivity contribution >= 4 is 40.8 Å². The number of alkyl halides is 2. The summed E-state index contributed by atoms with van der Waals surface area (Å²) in [6, 6.07) is 9.20. The maximum Gasteiger partial charge on any atom is 0.264 e. The lowest BCUT2D eigenvalue weighted by atomic mass is 9.85. The molecular weight excluding hydrogens is 795 g/mol. The molecule has 1 saturated carbocycles. The zero-order chi connectivity index (χ0) is 42.8. The molecule has 326 valence electrons. The van der Waals surface area contributed by atoms with Gasteiger partial charge in [-0.1, -0.05) is 0 Å². The van der Waals surface area contributed by atoms with Gasteiger partial charge >= 0.3 is 0 Å². The van der Waals surface area contributed by atoms with E-state index in [2.05, 4.69) is 35.9 Å². The van der Waals surface area contributed by atoms with Crippen molar-refractivity contribution in [2.75, 3.05) is 55.6 Å². The van der Waals surface area contributed by atoms with E-state index in [4.69, 9.17) is 5.10 Å². The van der Waals surface area contributed by atoms with Gasteiger partial charge in [0.2, 0.25) is 17.7 Å². The van der Waals surface area contributed by atoms with Crippen molar-refractivity contribution in [3.63, 3.8) is 0 Å². The highest BCUT2D eigenvalue weighted by atomic mass is 19.3. The van der Waals surface area contributed by atoms with E-state index in [9.17, 15) is 28.0 Å². The summed E-state index contributed by atoms with van der Waals surface area (Å²) in [5, 5.41) is 12.0. The molecule has 0 bridgehead atoms. The number of anilines is 3. The minimum Gasteiger partial charge on any atom is -0.369 e. The highest BCUT2D eigenvalue weighted by Gasteiger charge is 2.40.